The van der Waals surface area contributed by atoms with E-state index >= 15 is 0 Å². The maximum absolute atomic E-state index is 13.1. The van der Waals surface area contributed by atoms with Gasteiger partial charge in [-0.2, -0.15) is 0 Å². The van der Waals surface area contributed by atoms with Crippen LogP contribution in [-0.2, 0) is 11.3 Å². The first kappa shape index (κ1) is 22.4. The molecule has 0 bridgehead atoms. The number of hydrogen-bond donors (Lipinski definition) is 3. The van der Waals surface area contributed by atoms with Crippen molar-refractivity contribution in [2.24, 2.45) is 5.73 Å². The molecule has 0 saturated carbocycles. The maximum Gasteiger partial charge on any atom is 0.257 e. The van der Waals surface area contributed by atoms with Crippen LogP contribution in [0.15, 0.2) is 72.8 Å². The molecule has 0 spiro atoms. The van der Waals surface area contributed by atoms with E-state index in [4.69, 9.17) is 10.5 Å². The van der Waals surface area contributed by atoms with E-state index in [1.54, 1.807) is 13.2 Å². The Bertz CT molecular complexity index is 1130. The van der Waals surface area contributed by atoms with Crippen LogP contribution >= 0.6 is 0 Å². The highest BCUT2D eigenvalue weighted by Crippen LogP contribution is 2.25. The SMILES string of the molecule is COc1ccc(Nc2ccccc2C(=O)Nc2cccc(CN3CCCC3C(N)=O)c2)cc1. The summed E-state index contributed by atoms with van der Waals surface area (Å²) in [6, 6.07) is 22.4. The molecule has 0 aromatic heterocycles. The number of nitrogens with one attached hydrogen (secondary N) is 2. The lowest BCUT2D eigenvalue weighted by atomic mass is 10.1. The number of nitrogens with two attached hydrogens (primary N) is 1. The number of benzene rings is 3. The van der Waals surface area contributed by atoms with Crippen LogP contribution in [0.25, 0.3) is 0 Å². The molecule has 1 fully saturated rings. The third-order valence-electron chi connectivity index (χ3n) is 5.80. The standard InChI is InChI=1S/C26H28N4O3/c1-33-21-13-11-19(12-14-21)28-23-9-3-2-8-22(23)26(32)29-20-7-4-6-18(16-20)17-30-15-5-10-24(30)25(27)31/h2-4,6-9,11-14,16,24,28H,5,10,15,17H2,1H3,(H2,27,31)(H,29,32). The highest BCUT2D eigenvalue weighted by atomic mass is 16.5. The zero-order valence-electron chi connectivity index (χ0n) is 18.6. The number of anilines is 3. The molecule has 1 atom stereocenters. The molecule has 1 aliphatic rings. The summed E-state index contributed by atoms with van der Waals surface area (Å²) in [5.74, 6) is 0.278. The van der Waals surface area contributed by atoms with Gasteiger partial charge >= 0.3 is 0 Å². The summed E-state index contributed by atoms with van der Waals surface area (Å²) in [6.07, 6.45) is 1.76. The molecule has 3 aromatic rings. The van der Waals surface area contributed by atoms with E-state index < -0.39 is 0 Å². The Morgan fingerprint density at radius 2 is 1.82 bits per heavy atom. The van der Waals surface area contributed by atoms with Crippen LogP contribution in [0.5, 0.6) is 5.75 Å². The molecule has 1 heterocycles. The first-order chi connectivity index (χ1) is 16.0. The van der Waals surface area contributed by atoms with Crippen LogP contribution < -0.4 is 21.1 Å². The second-order valence-electron chi connectivity index (χ2n) is 8.08. The molecule has 1 aliphatic heterocycles. The highest BCUT2D eigenvalue weighted by molar-refractivity contribution is 6.08. The Kier molecular flexibility index (Phi) is 6.90. The summed E-state index contributed by atoms with van der Waals surface area (Å²) in [7, 11) is 1.62. The van der Waals surface area contributed by atoms with E-state index in [1.807, 2.05) is 66.7 Å². The third kappa shape index (κ3) is 5.51. The summed E-state index contributed by atoms with van der Waals surface area (Å²) in [6.45, 7) is 1.46. The monoisotopic (exact) mass is 444 g/mol. The Morgan fingerprint density at radius 3 is 2.58 bits per heavy atom. The topological polar surface area (TPSA) is 96.7 Å². The van der Waals surface area contributed by atoms with Gasteiger partial charge in [0, 0.05) is 17.9 Å². The average Bonchev–Trinajstić information content (AvgIpc) is 3.28. The van der Waals surface area contributed by atoms with Crippen LogP contribution in [0, 0.1) is 0 Å². The Labute approximate surface area is 193 Å². The number of rotatable bonds is 8. The van der Waals surface area contributed by atoms with Gasteiger partial charge in [0.05, 0.1) is 24.4 Å². The van der Waals surface area contributed by atoms with Crippen molar-refractivity contribution >= 4 is 28.9 Å². The van der Waals surface area contributed by atoms with Gasteiger partial charge in [-0.25, -0.2) is 0 Å². The molecule has 3 aromatic carbocycles. The zero-order valence-corrected chi connectivity index (χ0v) is 18.6. The van der Waals surface area contributed by atoms with Crippen molar-refractivity contribution in [2.75, 3.05) is 24.3 Å². The number of methoxy groups -OCH3 is 1. The van der Waals surface area contributed by atoms with Gasteiger partial charge in [0.15, 0.2) is 0 Å². The van der Waals surface area contributed by atoms with Crippen LogP contribution in [0.1, 0.15) is 28.8 Å². The fourth-order valence-corrected chi connectivity index (χ4v) is 4.14. The minimum Gasteiger partial charge on any atom is -0.497 e. The molecule has 0 aliphatic carbocycles. The molecule has 4 rings (SSSR count). The van der Waals surface area contributed by atoms with Crippen molar-refractivity contribution < 1.29 is 14.3 Å². The minimum atomic E-state index is -0.280. The smallest absolute Gasteiger partial charge is 0.257 e. The number of para-hydroxylation sites is 1. The van der Waals surface area contributed by atoms with Crippen LogP contribution in [0.2, 0.25) is 0 Å². The fourth-order valence-electron chi connectivity index (χ4n) is 4.14. The lowest BCUT2D eigenvalue weighted by molar-refractivity contribution is -0.122. The first-order valence-electron chi connectivity index (χ1n) is 11.0. The number of carbonyl (C=O) groups is 2. The lowest BCUT2D eigenvalue weighted by Gasteiger charge is -2.22. The number of primary amides is 1. The first-order valence-corrected chi connectivity index (χ1v) is 11.0. The number of carbonyl (C=O) groups excluding carboxylic acids is 2. The summed E-state index contributed by atoms with van der Waals surface area (Å²) in [5.41, 5.74) is 9.35. The highest BCUT2D eigenvalue weighted by Gasteiger charge is 2.28. The number of nitrogens with zero attached hydrogens (tertiary/aromatic N) is 1. The van der Waals surface area contributed by atoms with Crippen molar-refractivity contribution in [3.63, 3.8) is 0 Å². The van der Waals surface area contributed by atoms with Crippen molar-refractivity contribution in [1.82, 2.24) is 4.90 Å². The molecule has 170 valence electrons. The van der Waals surface area contributed by atoms with Crippen molar-refractivity contribution in [3.05, 3.63) is 83.9 Å². The second-order valence-corrected chi connectivity index (χ2v) is 8.08. The molecule has 2 amide bonds. The van der Waals surface area contributed by atoms with Crippen LogP contribution in [-0.4, -0.2) is 36.4 Å². The van der Waals surface area contributed by atoms with Gasteiger partial charge in [0.1, 0.15) is 5.75 Å². The summed E-state index contributed by atoms with van der Waals surface area (Å²) in [5, 5.41) is 6.29. The average molecular weight is 445 g/mol. The summed E-state index contributed by atoms with van der Waals surface area (Å²) >= 11 is 0. The molecule has 7 nitrogen and oxygen atoms in total. The zero-order chi connectivity index (χ0) is 23.2. The number of likely N-dealkylation sites (tertiary alicyclic amines) is 1. The Morgan fingerprint density at radius 1 is 1.03 bits per heavy atom. The van der Waals surface area contributed by atoms with Crippen molar-refractivity contribution in [1.29, 1.82) is 0 Å². The van der Waals surface area contributed by atoms with Gasteiger partial charge in [-0.1, -0.05) is 24.3 Å². The molecule has 33 heavy (non-hydrogen) atoms. The Hall–Kier alpha value is -3.84. The quantitative estimate of drug-likeness (QED) is 0.485. The molecular formula is C26H28N4O3. The van der Waals surface area contributed by atoms with Gasteiger partial charge in [-0.05, 0) is 73.5 Å². The van der Waals surface area contributed by atoms with E-state index in [0.717, 1.165) is 36.4 Å². The second kappa shape index (κ2) is 10.2. The molecule has 0 radical (unpaired) electrons. The van der Waals surface area contributed by atoms with Gasteiger partial charge in [0.25, 0.3) is 5.91 Å². The molecule has 7 heteroatoms. The van der Waals surface area contributed by atoms with E-state index in [1.165, 1.54) is 0 Å². The predicted molar refractivity (Wildman–Crippen MR) is 130 cm³/mol. The van der Waals surface area contributed by atoms with E-state index in [9.17, 15) is 9.59 Å². The fraction of sp³-hybridized carbons (Fsp3) is 0.231. The predicted octanol–water partition coefficient (Wildman–Crippen LogP) is 4.14. The maximum atomic E-state index is 13.1. The van der Waals surface area contributed by atoms with E-state index in [0.29, 0.717) is 23.5 Å². The lowest BCUT2D eigenvalue weighted by Crippen LogP contribution is -2.39. The number of amides is 2. The van der Waals surface area contributed by atoms with E-state index in [-0.39, 0.29) is 17.9 Å². The normalized spacial score (nSPS) is 15.7. The minimum absolute atomic E-state index is 0.208. The van der Waals surface area contributed by atoms with Gasteiger partial charge < -0.3 is 21.1 Å². The largest absolute Gasteiger partial charge is 0.497 e. The third-order valence-corrected chi connectivity index (χ3v) is 5.80. The number of hydrogen-bond acceptors (Lipinski definition) is 5. The molecule has 1 unspecified atom stereocenters. The summed E-state index contributed by atoms with van der Waals surface area (Å²) in [4.78, 5) is 26.9. The van der Waals surface area contributed by atoms with Gasteiger partial charge in [0.2, 0.25) is 5.91 Å². The molecular weight excluding hydrogens is 416 g/mol. The Balaban J connectivity index is 1.46. The van der Waals surface area contributed by atoms with Crippen molar-refractivity contribution in [3.8, 4) is 5.75 Å². The van der Waals surface area contributed by atoms with Crippen LogP contribution in [0.3, 0.4) is 0 Å². The number of ether oxygens (including phenoxy) is 1. The van der Waals surface area contributed by atoms with Gasteiger partial charge in [-0.3, -0.25) is 14.5 Å². The van der Waals surface area contributed by atoms with E-state index in [2.05, 4.69) is 15.5 Å². The summed E-state index contributed by atoms with van der Waals surface area (Å²) < 4.78 is 5.20. The molecule has 4 N–H and O–H groups in total. The molecule has 1 saturated heterocycles. The van der Waals surface area contributed by atoms with Gasteiger partial charge in [-0.15, -0.1) is 0 Å². The van der Waals surface area contributed by atoms with Crippen LogP contribution in [0.4, 0.5) is 17.1 Å². The van der Waals surface area contributed by atoms with Crippen molar-refractivity contribution in [2.45, 2.75) is 25.4 Å².